The van der Waals surface area contributed by atoms with Gasteiger partial charge in [-0.1, -0.05) is 12.8 Å². The van der Waals surface area contributed by atoms with E-state index in [9.17, 15) is 4.79 Å². The summed E-state index contributed by atoms with van der Waals surface area (Å²) in [4.78, 5) is 10.6. The highest BCUT2D eigenvalue weighted by molar-refractivity contribution is 5.76. The number of hydrogen-bond acceptors (Lipinski definition) is 2. The molecular weight excluding hydrogens is 144 g/mol. The topological polar surface area (TPSA) is 46.5 Å². The molecule has 0 aliphatic carbocycles. The highest BCUT2D eigenvalue weighted by atomic mass is 16.5. The van der Waals surface area contributed by atoms with Crippen molar-refractivity contribution in [2.24, 2.45) is 0 Å². The Bertz CT molecular complexity index is 180. The number of carboxylic acid groups (broad SMARTS) is 1. The molecule has 0 amide bonds. The predicted octanol–water partition coefficient (Wildman–Crippen LogP) is 0.889. The lowest BCUT2D eigenvalue weighted by Crippen LogP contribution is -2.37. The summed E-state index contributed by atoms with van der Waals surface area (Å²) in [6.45, 7) is 3.29. The summed E-state index contributed by atoms with van der Waals surface area (Å²) in [6.07, 6.45) is 5.33. The number of aliphatic carboxylic acids is 1. The third-order valence-electron chi connectivity index (χ3n) is 1.60. The van der Waals surface area contributed by atoms with Gasteiger partial charge in [0.25, 0.3) is 0 Å². The van der Waals surface area contributed by atoms with E-state index in [4.69, 9.17) is 16.3 Å². The highest BCUT2D eigenvalue weighted by Gasteiger charge is 2.31. The molecule has 1 atom stereocenters. The van der Waals surface area contributed by atoms with Crippen LogP contribution >= 0.6 is 0 Å². The van der Waals surface area contributed by atoms with Gasteiger partial charge < -0.3 is 9.84 Å². The molecule has 3 heteroatoms. The SMILES string of the molecule is C#CCOC(C)(CC)C(=O)O. The van der Waals surface area contributed by atoms with Crippen LogP contribution in [0.25, 0.3) is 0 Å². The van der Waals surface area contributed by atoms with Crippen LogP contribution in [0, 0.1) is 12.3 Å². The first-order valence-corrected chi connectivity index (χ1v) is 3.37. The minimum atomic E-state index is -1.13. The second-order valence-electron chi connectivity index (χ2n) is 2.38. The van der Waals surface area contributed by atoms with E-state index >= 15 is 0 Å². The molecule has 1 unspecified atom stereocenters. The van der Waals surface area contributed by atoms with Crippen LogP contribution in [0.1, 0.15) is 20.3 Å². The first kappa shape index (κ1) is 9.99. The Morgan fingerprint density at radius 3 is 2.64 bits per heavy atom. The van der Waals surface area contributed by atoms with E-state index in [2.05, 4.69) is 5.92 Å². The molecule has 0 aromatic heterocycles. The normalized spacial score (nSPS) is 15.0. The van der Waals surface area contributed by atoms with E-state index < -0.39 is 11.6 Å². The molecule has 0 fully saturated rings. The quantitative estimate of drug-likeness (QED) is 0.615. The fraction of sp³-hybridized carbons (Fsp3) is 0.625. The molecule has 0 saturated heterocycles. The smallest absolute Gasteiger partial charge is 0.335 e. The molecule has 3 nitrogen and oxygen atoms in total. The molecule has 62 valence electrons. The zero-order valence-corrected chi connectivity index (χ0v) is 6.76. The maximum atomic E-state index is 10.6. The first-order valence-electron chi connectivity index (χ1n) is 3.37. The van der Waals surface area contributed by atoms with Crippen LogP contribution in [-0.2, 0) is 9.53 Å². The summed E-state index contributed by atoms with van der Waals surface area (Å²) in [7, 11) is 0. The Kier molecular flexibility index (Phi) is 3.63. The van der Waals surface area contributed by atoms with Crippen molar-refractivity contribution < 1.29 is 14.6 Å². The number of carbonyl (C=O) groups is 1. The van der Waals surface area contributed by atoms with Crippen molar-refractivity contribution in [2.75, 3.05) is 6.61 Å². The van der Waals surface area contributed by atoms with Crippen molar-refractivity contribution in [2.45, 2.75) is 25.9 Å². The third kappa shape index (κ3) is 2.60. The standard InChI is InChI=1S/C8H12O3/c1-4-6-11-8(3,5-2)7(9)10/h1H,5-6H2,2-3H3,(H,9,10). The Balaban J connectivity index is 4.13. The van der Waals surface area contributed by atoms with E-state index in [1.54, 1.807) is 6.92 Å². The molecule has 0 saturated carbocycles. The van der Waals surface area contributed by atoms with E-state index in [-0.39, 0.29) is 6.61 Å². The van der Waals surface area contributed by atoms with Gasteiger partial charge in [-0.05, 0) is 13.3 Å². The molecule has 0 spiro atoms. The molecule has 0 aromatic carbocycles. The molecule has 0 heterocycles. The van der Waals surface area contributed by atoms with Crippen LogP contribution in [0.15, 0.2) is 0 Å². The number of carboxylic acids is 1. The zero-order valence-electron chi connectivity index (χ0n) is 6.76. The summed E-state index contributed by atoms with van der Waals surface area (Å²) >= 11 is 0. The van der Waals surface area contributed by atoms with Gasteiger partial charge in [0.05, 0.1) is 0 Å². The molecule has 0 rings (SSSR count). The van der Waals surface area contributed by atoms with Gasteiger partial charge in [0.1, 0.15) is 6.61 Å². The largest absolute Gasteiger partial charge is 0.479 e. The number of ether oxygens (including phenoxy) is 1. The second kappa shape index (κ2) is 3.99. The van der Waals surface area contributed by atoms with E-state index in [1.165, 1.54) is 6.92 Å². The van der Waals surface area contributed by atoms with Gasteiger partial charge in [-0.15, -0.1) is 6.42 Å². The van der Waals surface area contributed by atoms with Crippen molar-refractivity contribution in [1.82, 2.24) is 0 Å². The average Bonchev–Trinajstić information content (AvgIpc) is 2.00. The van der Waals surface area contributed by atoms with Crippen LogP contribution in [0.5, 0.6) is 0 Å². The van der Waals surface area contributed by atoms with E-state index in [1.807, 2.05) is 0 Å². The lowest BCUT2D eigenvalue weighted by molar-refractivity contribution is -0.162. The fourth-order valence-electron chi connectivity index (χ4n) is 0.516. The Labute approximate surface area is 66.4 Å². The number of terminal acetylenes is 1. The van der Waals surface area contributed by atoms with Crippen molar-refractivity contribution in [3.05, 3.63) is 0 Å². The molecule has 1 N–H and O–H groups in total. The highest BCUT2D eigenvalue weighted by Crippen LogP contribution is 2.14. The second-order valence-corrected chi connectivity index (χ2v) is 2.38. The van der Waals surface area contributed by atoms with Gasteiger partial charge >= 0.3 is 5.97 Å². The van der Waals surface area contributed by atoms with Gasteiger partial charge in [-0.3, -0.25) is 0 Å². The van der Waals surface area contributed by atoms with Gasteiger partial charge in [-0.25, -0.2) is 4.79 Å². The zero-order chi connectivity index (χ0) is 8.91. The van der Waals surface area contributed by atoms with E-state index in [0.29, 0.717) is 6.42 Å². The van der Waals surface area contributed by atoms with Gasteiger partial charge in [0.15, 0.2) is 5.60 Å². The molecule has 0 radical (unpaired) electrons. The lowest BCUT2D eigenvalue weighted by atomic mass is 10.0. The summed E-state index contributed by atoms with van der Waals surface area (Å²) in [5.74, 6) is 1.25. The average molecular weight is 156 g/mol. The van der Waals surface area contributed by atoms with Crippen molar-refractivity contribution in [1.29, 1.82) is 0 Å². The summed E-state index contributed by atoms with van der Waals surface area (Å²) in [5.41, 5.74) is -1.13. The number of rotatable bonds is 4. The van der Waals surface area contributed by atoms with Crippen LogP contribution < -0.4 is 0 Å². The van der Waals surface area contributed by atoms with Crippen LogP contribution in [-0.4, -0.2) is 23.3 Å². The summed E-state index contributed by atoms with van der Waals surface area (Å²) < 4.78 is 4.95. The molecule has 0 aromatic rings. The molecular formula is C8H12O3. The third-order valence-corrected chi connectivity index (χ3v) is 1.60. The summed E-state index contributed by atoms with van der Waals surface area (Å²) in [5, 5.41) is 8.67. The van der Waals surface area contributed by atoms with Crippen LogP contribution in [0.4, 0.5) is 0 Å². The van der Waals surface area contributed by atoms with E-state index in [0.717, 1.165) is 0 Å². The Morgan fingerprint density at radius 1 is 1.82 bits per heavy atom. The molecule has 11 heavy (non-hydrogen) atoms. The maximum Gasteiger partial charge on any atom is 0.335 e. The fourth-order valence-corrected chi connectivity index (χ4v) is 0.516. The van der Waals surface area contributed by atoms with Crippen LogP contribution in [0.2, 0.25) is 0 Å². The van der Waals surface area contributed by atoms with Crippen molar-refractivity contribution in [3.63, 3.8) is 0 Å². The van der Waals surface area contributed by atoms with Gasteiger partial charge in [0.2, 0.25) is 0 Å². The number of hydrogen-bond donors (Lipinski definition) is 1. The lowest BCUT2D eigenvalue weighted by Gasteiger charge is -2.21. The van der Waals surface area contributed by atoms with Crippen LogP contribution in [0.3, 0.4) is 0 Å². The molecule has 0 bridgehead atoms. The summed E-state index contributed by atoms with van der Waals surface area (Å²) in [6, 6.07) is 0. The van der Waals surface area contributed by atoms with Gasteiger partial charge in [0, 0.05) is 0 Å². The molecule has 0 aliphatic rings. The monoisotopic (exact) mass is 156 g/mol. The maximum absolute atomic E-state index is 10.6. The first-order chi connectivity index (χ1) is 5.06. The van der Waals surface area contributed by atoms with Crippen molar-refractivity contribution in [3.8, 4) is 12.3 Å². The minimum Gasteiger partial charge on any atom is -0.479 e. The van der Waals surface area contributed by atoms with Gasteiger partial charge in [-0.2, -0.15) is 0 Å². The predicted molar refractivity (Wildman–Crippen MR) is 41.1 cm³/mol. The molecule has 0 aliphatic heterocycles. The minimum absolute atomic E-state index is 0.0383. The van der Waals surface area contributed by atoms with Crippen molar-refractivity contribution >= 4 is 5.97 Å². The Morgan fingerprint density at radius 2 is 2.36 bits per heavy atom. The Hall–Kier alpha value is -1.01.